The highest BCUT2D eigenvalue weighted by Crippen LogP contribution is 2.24. The van der Waals surface area contributed by atoms with Gasteiger partial charge in [-0.1, -0.05) is 18.2 Å². The molecular weight excluding hydrogens is 264 g/mol. The molecule has 5 heteroatoms. The number of aliphatic hydroxyl groups is 1. The number of hydrogen-bond acceptors (Lipinski definition) is 3. The highest BCUT2D eigenvalue weighted by Gasteiger charge is 2.18. The summed E-state index contributed by atoms with van der Waals surface area (Å²) in [6.07, 6.45) is 3.38. The van der Waals surface area contributed by atoms with Crippen LogP contribution in [0.1, 0.15) is 37.4 Å². The molecule has 0 amide bonds. The van der Waals surface area contributed by atoms with Gasteiger partial charge in [0.2, 0.25) is 0 Å². The highest BCUT2D eigenvalue weighted by molar-refractivity contribution is 5.81. The smallest absolute Gasteiger partial charge is 0.101 e. The number of imidazole rings is 1. The van der Waals surface area contributed by atoms with Crippen molar-refractivity contribution in [1.82, 2.24) is 19.3 Å². The lowest BCUT2D eigenvalue weighted by Gasteiger charge is -2.15. The molecule has 0 spiro atoms. The summed E-state index contributed by atoms with van der Waals surface area (Å²) < 4.78 is 3.85. The molecule has 0 bridgehead atoms. The van der Waals surface area contributed by atoms with Crippen LogP contribution in [0.5, 0.6) is 0 Å². The maximum Gasteiger partial charge on any atom is 0.101 e. The molecule has 0 aliphatic heterocycles. The third-order valence-corrected chi connectivity index (χ3v) is 3.81. The van der Waals surface area contributed by atoms with E-state index in [1.54, 1.807) is 12.5 Å². The predicted octanol–water partition coefficient (Wildman–Crippen LogP) is 2.63. The molecular formula is C16H20N4O. The van der Waals surface area contributed by atoms with Crippen molar-refractivity contribution in [2.24, 2.45) is 7.05 Å². The van der Waals surface area contributed by atoms with Crippen molar-refractivity contribution in [3.05, 3.63) is 48.2 Å². The molecule has 0 aliphatic carbocycles. The molecule has 0 saturated heterocycles. The first-order valence-electron chi connectivity index (χ1n) is 7.18. The maximum absolute atomic E-state index is 10.6. The molecule has 3 rings (SSSR count). The topological polar surface area (TPSA) is 55.9 Å². The first kappa shape index (κ1) is 13.8. The quantitative estimate of drug-likeness (QED) is 0.801. The van der Waals surface area contributed by atoms with Gasteiger partial charge in [0.05, 0.1) is 29.4 Å². The van der Waals surface area contributed by atoms with E-state index in [-0.39, 0.29) is 6.04 Å². The van der Waals surface area contributed by atoms with Crippen LogP contribution in [-0.2, 0) is 13.5 Å². The zero-order chi connectivity index (χ0) is 15.0. The van der Waals surface area contributed by atoms with E-state index in [1.807, 2.05) is 40.6 Å². The van der Waals surface area contributed by atoms with Crippen molar-refractivity contribution in [1.29, 1.82) is 0 Å². The van der Waals surface area contributed by atoms with E-state index < -0.39 is 6.10 Å². The van der Waals surface area contributed by atoms with E-state index in [2.05, 4.69) is 23.9 Å². The van der Waals surface area contributed by atoms with Crippen molar-refractivity contribution in [3.63, 3.8) is 0 Å². The molecule has 1 N–H and O–H groups in total. The molecule has 110 valence electrons. The number of hydrogen-bond donors (Lipinski definition) is 1. The molecule has 3 aromatic rings. The average Bonchev–Trinajstić information content (AvgIpc) is 3.06. The lowest BCUT2D eigenvalue weighted by atomic mass is 10.1. The van der Waals surface area contributed by atoms with E-state index in [0.29, 0.717) is 6.42 Å². The summed E-state index contributed by atoms with van der Waals surface area (Å²) >= 11 is 0. The fourth-order valence-electron chi connectivity index (χ4n) is 2.73. The van der Waals surface area contributed by atoms with Gasteiger partial charge < -0.3 is 9.67 Å². The van der Waals surface area contributed by atoms with Crippen LogP contribution in [-0.4, -0.2) is 24.4 Å². The zero-order valence-electron chi connectivity index (χ0n) is 12.6. The van der Waals surface area contributed by atoms with Crippen LogP contribution in [0.2, 0.25) is 0 Å². The van der Waals surface area contributed by atoms with Crippen LogP contribution < -0.4 is 0 Å². The molecule has 5 nitrogen and oxygen atoms in total. The molecule has 1 unspecified atom stereocenters. The molecule has 2 aromatic heterocycles. The monoisotopic (exact) mass is 284 g/mol. The summed E-state index contributed by atoms with van der Waals surface area (Å²) in [5, 5.41) is 16.2. The van der Waals surface area contributed by atoms with Gasteiger partial charge in [-0.05, 0) is 19.9 Å². The summed E-state index contributed by atoms with van der Waals surface area (Å²) in [7, 11) is 1.93. The molecule has 21 heavy (non-hydrogen) atoms. The number of nitrogens with zero attached hydrogens (tertiary/aromatic N) is 4. The number of aromatic nitrogens is 4. The van der Waals surface area contributed by atoms with Gasteiger partial charge in [0.1, 0.15) is 6.10 Å². The third kappa shape index (κ3) is 2.45. The maximum atomic E-state index is 10.6. The number of para-hydroxylation sites is 1. The number of rotatable bonds is 4. The number of aryl methyl sites for hydroxylation is 1. The molecule has 0 aliphatic rings. The van der Waals surface area contributed by atoms with Gasteiger partial charge in [0.25, 0.3) is 0 Å². The van der Waals surface area contributed by atoms with Crippen molar-refractivity contribution in [2.45, 2.75) is 32.4 Å². The van der Waals surface area contributed by atoms with E-state index in [9.17, 15) is 5.11 Å². The van der Waals surface area contributed by atoms with E-state index >= 15 is 0 Å². The van der Waals surface area contributed by atoms with Gasteiger partial charge in [-0.3, -0.25) is 4.68 Å². The molecule has 1 aromatic carbocycles. The molecule has 0 radical (unpaired) electrons. The summed E-state index contributed by atoms with van der Waals surface area (Å²) in [5.74, 6) is 0. The first-order chi connectivity index (χ1) is 10.1. The van der Waals surface area contributed by atoms with Crippen LogP contribution in [0, 0.1) is 0 Å². The van der Waals surface area contributed by atoms with Crippen LogP contribution in [0.25, 0.3) is 10.9 Å². The largest absolute Gasteiger partial charge is 0.386 e. The van der Waals surface area contributed by atoms with Gasteiger partial charge in [-0.15, -0.1) is 0 Å². The standard InChI is InChI=1S/C16H20N4O/c1-11(2)20-10-17-9-15(20)16(21)8-13-12-6-4-5-7-14(12)19(3)18-13/h4-7,9-11,16,21H,8H2,1-3H3. The Morgan fingerprint density at radius 2 is 2.00 bits per heavy atom. The van der Waals surface area contributed by atoms with Gasteiger partial charge in [0, 0.05) is 24.9 Å². The van der Waals surface area contributed by atoms with Crippen LogP contribution in [0.15, 0.2) is 36.8 Å². The van der Waals surface area contributed by atoms with E-state index in [1.165, 1.54) is 0 Å². The van der Waals surface area contributed by atoms with E-state index in [4.69, 9.17) is 0 Å². The first-order valence-corrected chi connectivity index (χ1v) is 7.18. The minimum absolute atomic E-state index is 0.276. The Hall–Kier alpha value is -2.14. The van der Waals surface area contributed by atoms with Gasteiger partial charge >= 0.3 is 0 Å². The van der Waals surface area contributed by atoms with Gasteiger partial charge in [-0.25, -0.2) is 4.98 Å². The number of fused-ring (bicyclic) bond motifs is 1. The molecule has 2 heterocycles. The summed E-state index contributed by atoms with van der Waals surface area (Å²) in [6.45, 7) is 4.15. The summed E-state index contributed by atoms with van der Waals surface area (Å²) in [4.78, 5) is 4.15. The van der Waals surface area contributed by atoms with Crippen molar-refractivity contribution in [3.8, 4) is 0 Å². The minimum Gasteiger partial charge on any atom is -0.386 e. The Balaban J connectivity index is 1.93. The fourth-order valence-corrected chi connectivity index (χ4v) is 2.73. The Kier molecular flexibility index (Phi) is 3.51. The normalized spacial score (nSPS) is 13.2. The molecule has 1 atom stereocenters. The second kappa shape index (κ2) is 5.33. The third-order valence-electron chi connectivity index (χ3n) is 3.81. The fraction of sp³-hybridized carbons (Fsp3) is 0.375. The summed E-state index contributed by atoms with van der Waals surface area (Å²) in [6, 6.07) is 8.36. The second-order valence-corrected chi connectivity index (χ2v) is 5.63. The van der Waals surface area contributed by atoms with Crippen molar-refractivity contribution in [2.75, 3.05) is 0 Å². The number of benzene rings is 1. The minimum atomic E-state index is -0.604. The Labute approximate surface area is 123 Å². The highest BCUT2D eigenvalue weighted by atomic mass is 16.3. The lowest BCUT2D eigenvalue weighted by molar-refractivity contribution is 0.166. The van der Waals surface area contributed by atoms with Gasteiger partial charge in [0.15, 0.2) is 0 Å². The Morgan fingerprint density at radius 1 is 1.24 bits per heavy atom. The average molecular weight is 284 g/mol. The second-order valence-electron chi connectivity index (χ2n) is 5.63. The summed E-state index contributed by atoms with van der Waals surface area (Å²) in [5.41, 5.74) is 2.83. The van der Waals surface area contributed by atoms with Gasteiger partial charge in [-0.2, -0.15) is 5.10 Å². The van der Waals surface area contributed by atoms with Crippen molar-refractivity contribution >= 4 is 10.9 Å². The van der Waals surface area contributed by atoms with Crippen LogP contribution in [0.3, 0.4) is 0 Å². The van der Waals surface area contributed by atoms with Crippen LogP contribution in [0.4, 0.5) is 0 Å². The Morgan fingerprint density at radius 3 is 2.76 bits per heavy atom. The van der Waals surface area contributed by atoms with E-state index in [0.717, 1.165) is 22.3 Å². The van der Waals surface area contributed by atoms with Crippen molar-refractivity contribution < 1.29 is 5.11 Å². The SMILES string of the molecule is CC(C)n1cncc1C(O)Cc1nn(C)c2ccccc12. The number of aliphatic hydroxyl groups excluding tert-OH is 1. The molecule has 0 fully saturated rings. The predicted molar refractivity (Wildman–Crippen MR) is 82.0 cm³/mol. The lowest BCUT2D eigenvalue weighted by Crippen LogP contribution is -2.11. The zero-order valence-corrected chi connectivity index (χ0v) is 12.6. The van der Waals surface area contributed by atoms with Crippen LogP contribution >= 0.6 is 0 Å². The molecule has 0 saturated carbocycles. The Bertz CT molecular complexity index is 757.